The van der Waals surface area contributed by atoms with E-state index in [9.17, 15) is 4.79 Å². The molecule has 10 heavy (non-hydrogen) atoms. The molecule has 2 radical (unpaired) electrons. The Balaban J connectivity index is 2.62. The van der Waals surface area contributed by atoms with Gasteiger partial charge in [-0.3, -0.25) is 9.69 Å². The molecule has 0 aromatic carbocycles. The molecule has 0 spiro atoms. The van der Waals surface area contributed by atoms with Crippen molar-refractivity contribution < 1.29 is 9.53 Å². The minimum absolute atomic E-state index is 0.143. The first kappa shape index (κ1) is 7.21. The smallest absolute Gasteiger partial charge is 0.296 e. The third-order valence-corrected chi connectivity index (χ3v) is 1.31. The number of amides is 1. The Labute approximate surface area is 64.3 Å². The average molecular weight is 155 g/mol. The van der Waals surface area contributed by atoms with Gasteiger partial charge in [0.15, 0.2) is 0 Å². The molecule has 1 aliphatic heterocycles. The summed E-state index contributed by atoms with van der Waals surface area (Å²) >= 11 is 4.66. The zero-order valence-corrected chi connectivity index (χ0v) is 5.98. The van der Waals surface area contributed by atoms with Crippen molar-refractivity contribution in [3.05, 3.63) is 19.3 Å². The van der Waals surface area contributed by atoms with Crippen LogP contribution in [-0.4, -0.2) is 22.5 Å². The van der Waals surface area contributed by atoms with Gasteiger partial charge in [-0.05, 0) is 12.2 Å². The van der Waals surface area contributed by atoms with E-state index in [1.807, 2.05) is 0 Å². The maximum atomic E-state index is 10.7. The van der Waals surface area contributed by atoms with Gasteiger partial charge in [0, 0.05) is 6.54 Å². The first-order valence-electron chi connectivity index (χ1n) is 2.65. The summed E-state index contributed by atoms with van der Waals surface area (Å²) in [4.78, 5) is 12.0. The van der Waals surface area contributed by atoms with E-state index in [2.05, 4.69) is 30.1 Å². The molecule has 0 atom stereocenters. The third-order valence-electron chi connectivity index (χ3n) is 1.00. The second kappa shape index (κ2) is 2.79. The number of carbonyl (C=O) groups is 1. The van der Waals surface area contributed by atoms with Gasteiger partial charge in [-0.15, -0.1) is 6.58 Å². The highest BCUT2D eigenvalue weighted by Gasteiger charge is 2.28. The number of thiocarbonyl (C=S) groups is 1. The summed E-state index contributed by atoms with van der Waals surface area (Å²) in [6.07, 6.45) is 1.57. The summed E-state index contributed by atoms with van der Waals surface area (Å²) in [6, 6.07) is 0. The molecule has 1 heterocycles. The van der Waals surface area contributed by atoms with Crippen molar-refractivity contribution in [3.63, 3.8) is 0 Å². The lowest BCUT2D eigenvalue weighted by molar-refractivity contribution is -0.123. The Morgan fingerprint density at radius 1 is 1.90 bits per heavy atom. The Bertz CT molecular complexity index is 174. The summed E-state index contributed by atoms with van der Waals surface area (Å²) in [5.41, 5.74) is 0. The van der Waals surface area contributed by atoms with Crippen LogP contribution in [0.3, 0.4) is 0 Å². The van der Waals surface area contributed by atoms with Gasteiger partial charge in [-0.2, -0.15) is 0 Å². The molecule has 1 fully saturated rings. The second-order valence-corrected chi connectivity index (χ2v) is 2.02. The van der Waals surface area contributed by atoms with Gasteiger partial charge in [0.1, 0.15) is 0 Å². The number of nitrogens with zero attached hydrogens (tertiary/aromatic N) is 1. The first-order chi connectivity index (χ1) is 4.75. The van der Waals surface area contributed by atoms with Gasteiger partial charge >= 0.3 is 0 Å². The fourth-order valence-electron chi connectivity index (χ4n) is 0.567. The summed E-state index contributed by atoms with van der Waals surface area (Å²) in [5, 5.41) is 0.143. The minimum Gasteiger partial charge on any atom is -0.443 e. The van der Waals surface area contributed by atoms with E-state index in [0.717, 1.165) is 0 Å². The molecule has 0 aromatic heterocycles. The van der Waals surface area contributed by atoms with Crippen molar-refractivity contribution in [1.29, 1.82) is 0 Å². The van der Waals surface area contributed by atoms with E-state index in [0.29, 0.717) is 6.54 Å². The average Bonchev–Trinajstić information content (AvgIpc) is 2.20. The zero-order valence-electron chi connectivity index (χ0n) is 5.16. The number of rotatable bonds is 2. The molecule has 4 heteroatoms. The van der Waals surface area contributed by atoms with Crippen LogP contribution in [-0.2, 0) is 9.53 Å². The molecule has 0 unspecified atom stereocenters. The lowest BCUT2D eigenvalue weighted by Crippen LogP contribution is -2.28. The molecular formula is C6H5NO2S. The van der Waals surface area contributed by atoms with Crippen LogP contribution in [0.15, 0.2) is 12.7 Å². The van der Waals surface area contributed by atoms with Crippen molar-refractivity contribution in [3.8, 4) is 0 Å². The second-order valence-electron chi connectivity index (χ2n) is 1.67. The molecular weight excluding hydrogens is 150 g/mol. The van der Waals surface area contributed by atoms with Gasteiger partial charge in [-0.1, -0.05) is 6.08 Å². The largest absolute Gasteiger partial charge is 0.443 e. The highest BCUT2D eigenvalue weighted by atomic mass is 32.1. The molecule has 1 saturated heterocycles. The lowest BCUT2D eigenvalue weighted by Gasteiger charge is -2.07. The van der Waals surface area contributed by atoms with E-state index < -0.39 is 0 Å². The fraction of sp³-hybridized carbons (Fsp3) is 0.167. The topological polar surface area (TPSA) is 29.5 Å². The molecule has 1 rings (SSSR count). The van der Waals surface area contributed by atoms with Crippen LogP contribution in [0, 0.1) is 6.61 Å². The molecule has 52 valence electrons. The number of carbonyl (C=O) groups excluding carboxylic acids is 1. The van der Waals surface area contributed by atoms with Crippen LogP contribution in [0.4, 0.5) is 0 Å². The van der Waals surface area contributed by atoms with E-state index in [1.165, 1.54) is 4.90 Å². The Hall–Kier alpha value is -0.900. The van der Waals surface area contributed by atoms with Crippen LogP contribution in [0.5, 0.6) is 0 Å². The zero-order chi connectivity index (χ0) is 7.56. The van der Waals surface area contributed by atoms with Gasteiger partial charge in [0.25, 0.3) is 17.7 Å². The van der Waals surface area contributed by atoms with Gasteiger partial charge in [0.05, 0.1) is 0 Å². The van der Waals surface area contributed by atoms with Crippen molar-refractivity contribution in [2.45, 2.75) is 0 Å². The van der Waals surface area contributed by atoms with Crippen molar-refractivity contribution in [2.75, 3.05) is 6.54 Å². The standard InChI is InChI=1S/C6H5NO2S/c1-2-3-7-5(8)4-9-6(7)10/h2H,1,3H2. The van der Waals surface area contributed by atoms with Crippen LogP contribution in [0.1, 0.15) is 0 Å². The number of hydrogen-bond acceptors (Lipinski definition) is 3. The Morgan fingerprint density at radius 3 is 3.00 bits per heavy atom. The lowest BCUT2D eigenvalue weighted by atomic mass is 10.5. The summed E-state index contributed by atoms with van der Waals surface area (Å²) in [7, 11) is 0. The first-order valence-corrected chi connectivity index (χ1v) is 3.05. The monoisotopic (exact) mass is 155 g/mol. The van der Waals surface area contributed by atoms with Crippen LogP contribution < -0.4 is 0 Å². The Morgan fingerprint density at radius 2 is 2.60 bits per heavy atom. The van der Waals surface area contributed by atoms with E-state index in [4.69, 9.17) is 0 Å². The molecule has 1 aliphatic rings. The summed E-state index contributed by atoms with van der Waals surface area (Å²) in [6.45, 7) is 5.94. The third kappa shape index (κ3) is 1.16. The number of ether oxygens (including phenoxy) is 1. The number of hydrogen-bond donors (Lipinski definition) is 0. The van der Waals surface area contributed by atoms with Gasteiger partial charge in [0.2, 0.25) is 0 Å². The molecule has 1 amide bonds. The van der Waals surface area contributed by atoms with Crippen LogP contribution >= 0.6 is 12.2 Å². The Kier molecular flexibility index (Phi) is 2.01. The van der Waals surface area contributed by atoms with Crippen LogP contribution in [0.25, 0.3) is 0 Å². The van der Waals surface area contributed by atoms with Gasteiger partial charge in [-0.25, -0.2) is 0 Å². The van der Waals surface area contributed by atoms with Crippen molar-refractivity contribution in [1.82, 2.24) is 4.90 Å². The van der Waals surface area contributed by atoms with Crippen molar-refractivity contribution in [2.24, 2.45) is 0 Å². The SMILES string of the molecule is C=CCN1C(=O)[C]OC1=S. The van der Waals surface area contributed by atoms with Gasteiger partial charge < -0.3 is 4.74 Å². The van der Waals surface area contributed by atoms with Crippen LogP contribution in [0.2, 0.25) is 0 Å². The van der Waals surface area contributed by atoms with E-state index in [-0.39, 0.29) is 11.1 Å². The highest BCUT2D eigenvalue weighted by Crippen LogP contribution is 2.08. The van der Waals surface area contributed by atoms with E-state index in [1.54, 1.807) is 6.08 Å². The molecule has 0 saturated carbocycles. The van der Waals surface area contributed by atoms with E-state index >= 15 is 0 Å². The minimum atomic E-state index is -0.343. The quantitative estimate of drug-likeness (QED) is 0.426. The molecule has 0 bridgehead atoms. The normalized spacial score (nSPS) is 17.4. The predicted molar refractivity (Wildman–Crippen MR) is 38.8 cm³/mol. The fourth-order valence-corrected chi connectivity index (χ4v) is 0.766. The summed E-state index contributed by atoms with van der Waals surface area (Å²) < 4.78 is 4.54. The maximum Gasteiger partial charge on any atom is 0.296 e. The molecule has 0 N–H and O–H groups in total. The summed E-state index contributed by atoms with van der Waals surface area (Å²) in [5.74, 6) is -0.343. The van der Waals surface area contributed by atoms with Crippen molar-refractivity contribution >= 4 is 23.3 Å². The maximum absolute atomic E-state index is 10.7. The molecule has 3 nitrogen and oxygen atoms in total. The molecule has 0 aromatic rings. The predicted octanol–water partition coefficient (Wildman–Crippen LogP) is 0.355. The molecule has 0 aliphatic carbocycles. The highest BCUT2D eigenvalue weighted by molar-refractivity contribution is 7.80.